The summed E-state index contributed by atoms with van der Waals surface area (Å²) in [6.45, 7) is 8.38. The van der Waals surface area contributed by atoms with Gasteiger partial charge >= 0.3 is 0 Å². The molecule has 1 amide bonds. The normalized spacial score (nSPS) is 17.9. The SMILES string of the molecule is CC(=O)N1CCc2cc(CC(C)N3CCN(c4cccc(Cl)c4Cl)CC3)cc(N)c21. The van der Waals surface area contributed by atoms with Crippen LogP contribution in [0.15, 0.2) is 30.3 Å². The fraction of sp³-hybridized carbons (Fsp3) is 0.435. The van der Waals surface area contributed by atoms with Gasteiger partial charge in [0.2, 0.25) is 5.91 Å². The van der Waals surface area contributed by atoms with Crippen LogP contribution in [0.5, 0.6) is 0 Å². The third kappa shape index (κ3) is 4.11. The zero-order valence-electron chi connectivity index (χ0n) is 17.5. The Hall–Kier alpha value is -1.95. The number of benzene rings is 2. The Balaban J connectivity index is 1.40. The lowest BCUT2D eigenvalue weighted by molar-refractivity contribution is -0.116. The monoisotopic (exact) mass is 446 g/mol. The van der Waals surface area contributed by atoms with Gasteiger partial charge in [-0.2, -0.15) is 0 Å². The van der Waals surface area contributed by atoms with E-state index in [2.05, 4.69) is 22.8 Å². The predicted molar refractivity (Wildman–Crippen MR) is 126 cm³/mol. The maximum Gasteiger partial charge on any atom is 0.223 e. The zero-order valence-corrected chi connectivity index (χ0v) is 19.0. The molecule has 0 spiro atoms. The highest BCUT2D eigenvalue weighted by atomic mass is 35.5. The second-order valence-electron chi connectivity index (χ2n) is 8.26. The Morgan fingerprint density at radius 3 is 2.57 bits per heavy atom. The lowest BCUT2D eigenvalue weighted by Gasteiger charge is -2.39. The number of nitrogen functional groups attached to an aromatic ring is 1. The van der Waals surface area contributed by atoms with Gasteiger partial charge in [-0.1, -0.05) is 35.3 Å². The van der Waals surface area contributed by atoms with Crippen LogP contribution in [0.4, 0.5) is 17.1 Å². The second kappa shape index (κ2) is 8.66. The van der Waals surface area contributed by atoms with Crippen LogP contribution in [0.3, 0.4) is 0 Å². The Bertz CT molecular complexity index is 956. The highest BCUT2D eigenvalue weighted by Gasteiger charge is 2.27. The number of halogens is 2. The standard InChI is InChI=1S/C23H28Cl2N4O/c1-15(12-17-13-18-6-7-29(16(2)30)23(18)20(26)14-17)27-8-10-28(11-9-27)21-5-3-4-19(24)22(21)25/h3-5,13-15H,6-12,26H2,1-2H3. The van der Waals surface area contributed by atoms with Crippen molar-refractivity contribution < 1.29 is 4.79 Å². The highest BCUT2D eigenvalue weighted by Crippen LogP contribution is 2.36. The summed E-state index contributed by atoms with van der Waals surface area (Å²) in [5.41, 5.74) is 11.4. The Labute approximate surface area is 188 Å². The van der Waals surface area contributed by atoms with Crippen LogP contribution in [0.1, 0.15) is 25.0 Å². The molecular weight excluding hydrogens is 419 g/mol. The van der Waals surface area contributed by atoms with Crippen molar-refractivity contribution in [3.63, 3.8) is 0 Å². The number of nitrogens with two attached hydrogens (primary N) is 1. The summed E-state index contributed by atoms with van der Waals surface area (Å²) >= 11 is 12.6. The lowest BCUT2D eigenvalue weighted by Crippen LogP contribution is -2.50. The molecular formula is C23H28Cl2N4O. The average Bonchev–Trinajstić information content (AvgIpc) is 3.15. The number of anilines is 3. The van der Waals surface area contributed by atoms with E-state index in [4.69, 9.17) is 28.9 Å². The molecule has 2 aliphatic heterocycles. The summed E-state index contributed by atoms with van der Waals surface area (Å²) < 4.78 is 0. The molecule has 0 radical (unpaired) electrons. The van der Waals surface area contributed by atoms with Crippen LogP contribution in [0, 0.1) is 0 Å². The van der Waals surface area contributed by atoms with E-state index in [1.807, 2.05) is 24.3 Å². The van der Waals surface area contributed by atoms with E-state index in [1.54, 1.807) is 11.8 Å². The third-order valence-electron chi connectivity index (χ3n) is 6.27. The van der Waals surface area contributed by atoms with E-state index in [0.717, 1.165) is 56.9 Å². The number of carbonyl (C=O) groups is 1. The van der Waals surface area contributed by atoms with Crippen LogP contribution in [0.2, 0.25) is 10.0 Å². The smallest absolute Gasteiger partial charge is 0.223 e. The molecule has 2 aromatic rings. The van der Waals surface area contributed by atoms with Gasteiger partial charge in [0.1, 0.15) is 0 Å². The summed E-state index contributed by atoms with van der Waals surface area (Å²) in [5.74, 6) is 0.0549. The molecule has 160 valence electrons. The Morgan fingerprint density at radius 2 is 1.87 bits per heavy atom. The molecule has 0 aliphatic carbocycles. The summed E-state index contributed by atoms with van der Waals surface area (Å²) in [4.78, 5) is 18.5. The molecule has 5 nitrogen and oxygen atoms in total. The van der Waals surface area contributed by atoms with E-state index < -0.39 is 0 Å². The minimum absolute atomic E-state index is 0.0549. The molecule has 2 heterocycles. The van der Waals surface area contributed by atoms with Crippen molar-refractivity contribution in [2.45, 2.75) is 32.7 Å². The van der Waals surface area contributed by atoms with Crippen LogP contribution in [-0.2, 0) is 17.6 Å². The molecule has 1 unspecified atom stereocenters. The van der Waals surface area contributed by atoms with Gasteiger partial charge in [-0.25, -0.2) is 0 Å². The molecule has 30 heavy (non-hydrogen) atoms. The predicted octanol–water partition coefficient (Wildman–Crippen LogP) is 4.24. The van der Waals surface area contributed by atoms with Gasteiger partial charge in [0.25, 0.3) is 0 Å². The number of hydrogen-bond acceptors (Lipinski definition) is 4. The van der Waals surface area contributed by atoms with Crippen molar-refractivity contribution in [1.82, 2.24) is 4.90 Å². The fourth-order valence-electron chi connectivity index (χ4n) is 4.69. The maximum absolute atomic E-state index is 11.8. The summed E-state index contributed by atoms with van der Waals surface area (Å²) in [6, 6.07) is 10.5. The van der Waals surface area contributed by atoms with Gasteiger partial charge < -0.3 is 15.5 Å². The van der Waals surface area contributed by atoms with Crippen LogP contribution < -0.4 is 15.5 Å². The summed E-state index contributed by atoms with van der Waals surface area (Å²) in [5, 5.41) is 1.23. The van der Waals surface area contributed by atoms with Crippen molar-refractivity contribution in [3.05, 3.63) is 51.5 Å². The maximum atomic E-state index is 11.8. The zero-order chi connectivity index (χ0) is 21.4. The minimum Gasteiger partial charge on any atom is -0.397 e. The van der Waals surface area contributed by atoms with Gasteiger partial charge in [-0.3, -0.25) is 9.69 Å². The van der Waals surface area contributed by atoms with Gasteiger partial charge in [-0.05, 0) is 49.1 Å². The fourth-order valence-corrected chi connectivity index (χ4v) is 5.11. The number of rotatable bonds is 4. The molecule has 2 N–H and O–H groups in total. The van der Waals surface area contributed by atoms with Crippen molar-refractivity contribution >= 4 is 46.2 Å². The first-order chi connectivity index (χ1) is 14.3. The minimum atomic E-state index is 0.0549. The Kier molecular flexibility index (Phi) is 6.14. The van der Waals surface area contributed by atoms with E-state index in [1.165, 1.54) is 11.1 Å². The van der Waals surface area contributed by atoms with E-state index in [0.29, 0.717) is 21.8 Å². The lowest BCUT2D eigenvalue weighted by atomic mass is 10.00. The average molecular weight is 447 g/mol. The van der Waals surface area contributed by atoms with Crippen LogP contribution in [0.25, 0.3) is 0 Å². The van der Waals surface area contributed by atoms with Crippen molar-refractivity contribution in [3.8, 4) is 0 Å². The van der Waals surface area contributed by atoms with Crippen molar-refractivity contribution in [1.29, 1.82) is 0 Å². The van der Waals surface area contributed by atoms with Crippen molar-refractivity contribution in [2.24, 2.45) is 0 Å². The molecule has 1 fully saturated rings. The van der Waals surface area contributed by atoms with E-state index in [-0.39, 0.29) is 5.91 Å². The quantitative estimate of drug-likeness (QED) is 0.713. The Morgan fingerprint density at radius 1 is 1.13 bits per heavy atom. The molecule has 0 aromatic heterocycles. The molecule has 4 rings (SSSR count). The third-order valence-corrected chi connectivity index (χ3v) is 7.08. The number of piperazine rings is 1. The molecule has 1 atom stereocenters. The highest BCUT2D eigenvalue weighted by molar-refractivity contribution is 6.43. The van der Waals surface area contributed by atoms with Crippen molar-refractivity contribution in [2.75, 3.05) is 48.3 Å². The molecule has 2 aliphatic rings. The number of hydrogen-bond donors (Lipinski definition) is 1. The first-order valence-electron chi connectivity index (χ1n) is 10.5. The van der Waals surface area contributed by atoms with Gasteiger partial charge in [0.15, 0.2) is 0 Å². The number of amides is 1. The topological polar surface area (TPSA) is 52.8 Å². The summed E-state index contributed by atoms with van der Waals surface area (Å²) in [7, 11) is 0. The van der Waals surface area contributed by atoms with Gasteiger partial charge in [-0.15, -0.1) is 0 Å². The van der Waals surface area contributed by atoms with E-state index >= 15 is 0 Å². The molecule has 0 bridgehead atoms. The number of fused-ring (bicyclic) bond motifs is 1. The first kappa shape index (κ1) is 21.3. The van der Waals surface area contributed by atoms with Crippen LogP contribution >= 0.6 is 23.2 Å². The molecule has 1 saturated heterocycles. The van der Waals surface area contributed by atoms with Gasteiger partial charge in [0.05, 0.1) is 27.1 Å². The first-order valence-corrected chi connectivity index (χ1v) is 11.2. The molecule has 7 heteroatoms. The summed E-state index contributed by atoms with van der Waals surface area (Å²) in [6.07, 6.45) is 1.82. The largest absolute Gasteiger partial charge is 0.397 e. The second-order valence-corrected chi connectivity index (χ2v) is 9.05. The molecule has 0 saturated carbocycles. The van der Waals surface area contributed by atoms with E-state index in [9.17, 15) is 4.79 Å². The van der Waals surface area contributed by atoms with Gasteiger partial charge in [0, 0.05) is 45.7 Å². The molecule has 2 aromatic carbocycles. The number of nitrogens with zero attached hydrogens (tertiary/aromatic N) is 3. The van der Waals surface area contributed by atoms with Crippen LogP contribution in [-0.4, -0.2) is 49.6 Å². The number of carbonyl (C=O) groups excluding carboxylic acids is 1.